The van der Waals surface area contributed by atoms with Gasteiger partial charge in [0, 0.05) is 35.7 Å². The van der Waals surface area contributed by atoms with Crippen LogP contribution in [0.4, 0.5) is 0 Å². The van der Waals surface area contributed by atoms with Crippen LogP contribution in [0.2, 0.25) is 0 Å². The first-order valence-corrected chi connectivity index (χ1v) is 9.50. The number of hydrogen-bond acceptors (Lipinski definition) is 2. The first-order chi connectivity index (χ1) is 11.2. The Morgan fingerprint density at radius 2 is 2.00 bits per heavy atom. The Balaban J connectivity index is 0.00000208. The first-order valence-electron chi connectivity index (χ1n) is 8.70. The van der Waals surface area contributed by atoms with Gasteiger partial charge in [0.1, 0.15) is 0 Å². The molecule has 134 valence electrons. The van der Waals surface area contributed by atoms with Gasteiger partial charge in [0.25, 0.3) is 0 Å². The summed E-state index contributed by atoms with van der Waals surface area (Å²) in [5.74, 6) is 0.935. The van der Waals surface area contributed by atoms with Crippen molar-refractivity contribution >= 4 is 45.9 Å². The maximum atomic E-state index is 4.75. The summed E-state index contributed by atoms with van der Waals surface area (Å²) in [6.07, 6.45) is 3.97. The summed E-state index contributed by atoms with van der Waals surface area (Å²) in [6.45, 7) is 7.21. The van der Waals surface area contributed by atoms with Gasteiger partial charge in [-0.05, 0) is 50.8 Å². The molecule has 1 saturated carbocycles. The lowest BCUT2D eigenvalue weighted by molar-refractivity contribution is 0.256. The van der Waals surface area contributed by atoms with E-state index in [0.717, 1.165) is 29.6 Å². The fraction of sp³-hybridized carbons (Fsp3) is 0.611. The van der Waals surface area contributed by atoms with Crippen molar-refractivity contribution in [2.24, 2.45) is 4.99 Å². The van der Waals surface area contributed by atoms with Crippen LogP contribution in [0.1, 0.15) is 38.7 Å². The number of guanidine groups is 1. The standard InChI is InChI=1S/C18H27BrN4.HI/c1-3-20-18(21-11-14-4-6-15(19)7-5-14)22-16-10-13(2)23(12-16)17-8-9-17;/h4-7,13,16-17H,3,8-12H2,1-2H3,(H2,20,21,22);1H. The molecular formula is C18H28BrIN4. The maximum Gasteiger partial charge on any atom is 0.191 e. The molecule has 0 aromatic heterocycles. The normalized spacial score (nSPS) is 24.5. The molecule has 0 amide bonds. The maximum absolute atomic E-state index is 4.75. The third-order valence-corrected chi connectivity index (χ3v) is 5.19. The molecule has 6 heteroatoms. The molecule has 24 heavy (non-hydrogen) atoms. The summed E-state index contributed by atoms with van der Waals surface area (Å²) in [7, 11) is 0. The van der Waals surface area contributed by atoms with Crippen molar-refractivity contribution in [3.8, 4) is 0 Å². The van der Waals surface area contributed by atoms with Crippen molar-refractivity contribution in [1.82, 2.24) is 15.5 Å². The van der Waals surface area contributed by atoms with E-state index >= 15 is 0 Å². The predicted octanol–water partition coefficient (Wildman–Crippen LogP) is 3.75. The van der Waals surface area contributed by atoms with Crippen LogP contribution in [0.5, 0.6) is 0 Å². The summed E-state index contributed by atoms with van der Waals surface area (Å²) in [5, 5.41) is 7.01. The van der Waals surface area contributed by atoms with Crippen molar-refractivity contribution in [3.63, 3.8) is 0 Å². The number of hydrogen-bond donors (Lipinski definition) is 2. The minimum atomic E-state index is 0. The van der Waals surface area contributed by atoms with Gasteiger partial charge in [0.15, 0.2) is 5.96 Å². The molecule has 1 aliphatic heterocycles. The van der Waals surface area contributed by atoms with E-state index in [0.29, 0.717) is 18.6 Å². The van der Waals surface area contributed by atoms with Crippen LogP contribution >= 0.6 is 39.9 Å². The Morgan fingerprint density at radius 3 is 2.62 bits per heavy atom. The molecule has 1 aromatic rings. The highest BCUT2D eigenvalue weighted by atomic mass is 127. The van der Waals surface area contributed by atoms with Crippen LogP contribution in [0.3, 0.4) is 0 Å². The van der Waals surface area contributed by atoms with Crippen molar-refractivity contribution < 1.29 is 0 Å². The summed E-state index contributed by atoms with van der Waals surface area (Å²) >= 11 is 3.47. The lowest BCUT2D eigenvalue weighted by atomic mass is 10.2. The number of likely N-dealkylation sites (tertiary alicyclic amines) is 1. The minimum Gasteiger partial charge on any atom is -0.357 e. The molecule has 1 aromatic carbocycles. The number of rotatable bonds is 5. The number of nitrogens with one attached hydrogen (secondary N) is 2. The van der Waals surface area contributed by atoms with Crippen molar-refractivity contribution in [1.29, 1.82) is 0 Å². The molecule has 1 aliphatic carbocycles. The van der Waals surface area contributed by atoms with Crippen LogP contribution < -0.4 is 10.6 Å². The molecule has 2 aliphatic rings. The average Bonchev–Trinajstić information content (AvgIpc) is 3.31. The van der Waals surface area contributed by atoms with E-state index in [4.69, 9.17) is 4.99 Å². The van der Waals surface area contributed by atoms with Gasteiger partial charge in [-0.15, -0.1) is 24.0 Å². The second-order valence-corrected chi connectivity index (χ2v) is 7.59. The van der Waals surface area contributed by atoms with Gasteiger partial charge in [-0.3, -0.25) is 4.90 Å². The van der Waals surface area contributed by atoms with Gasteiger partial charge < -0.3 is 10.6 Å². The van der Waals surface area contributed by atoms with Gasteiger partial charge in [-0.1, -0.05) is 28.1 Å². The van der Waals surface area contributed by atoms with E-state index in [1.807, 2.05) is 0 Å². The second kappa shape index (κ2) is 9.38. The van der Waals surface area contributed by atoms with E-state index in [1.165, 1.54) is 24.8 Å². The number of benzene rings is 1. The minimum absolute atomic E-state index is 0. The zero-order valence-corrected chi connectivity index (χ0v) is 18.4. The quantitative estimate of drug-likeness (QED) is 0.363. The summed E-state index contributed by atoms with van der Waals surface area (Å²) in [6, 6.07) is 10.4. The lowest BCUT2D eigenvalue weighted by Crippen LogP contribution is -2.44. The Hall–Kier alpha value is -0.340. The van der Waals surface area contributed by atoms with Gasteiger partial charge in [-0.25, -0.2) is 4.99 Å². The topological polar surface area (TPSA) is 39.7 Å². The van der Waals surface area contributed by atoms with Gasteiger partial charge in [0.05, 0.1) is 6.54 Å². The zero-order valence-electron chi connectivity index (χ0n) is 14.5. The molecule has 2 N–H and O–H groups in total. The Labute approximate surface area is 171 Å². The second-order valence-electron chi connectivity index (χ2n) is 6.68. The summed E-state index contributed by atoms with van der Waals surface area (Å²) in [5.41, 5.74) is 1.23. The molecule has 1 heterocycles. The molecular weight excluding hydrogens is 479 g/mol. The number of aliphatic imine (C=N–C) groups is 1. The Bertz CT molecular complexity index is 544. The molecule has 3 rings (SSSR count). The highest BCUT2D eigenvalue weighted by Crippen LogP contribution is 2.33. The zero-order chi connectivity index (χ0) is 16.2. The third-order valence-electron chi connectivity index (χ3n) is 4.66. The smallest absolute Gasteiger partial charge is 0.191 e. The van der Waals surface area contributed by atoms with Gasteiger partial charge >= 0.3 is 0 Å². The average molecular weight is 507 g/mol. The summed E-state index contributed by atoms with van der Waals surface area (Å²) < 4.78 is 1.11. The highest BCUT2D eigenvalue weighted by molar-refractivity contribution is 14.0. The predicted molar refractivity (Wildman–Crippen MR) is 115 cm³/mol. The van der Waals surface area contributed by atoms with E-state index in [2.05, 4.69) is 69.6 Å². The molecule has 0 bridgehead atoms. The van der Waals surface area contributed by atoms with Crippen LogP contribution in [0, 0.1) is 0 Å². The lowest BCUT2D eigenvalue weighted by Gasteiger charge is -2.20. The Morgan fingerprint density at radius 1 is 1.29 bits per heavy atom. The molecule has 2 atom stereocenters. The Kier molecular flexibility index (Phi) is 7.81. The molecule has 1 saturated heterocycles. The van der Waals surface area contributed by atoms with Crippen LogP contribution in [0.15, 0.2) is 33.7 Å². The molecule has 2 fully saturated rings. The fourth-order valence-corrected chi connectivity index (χ4v) is 3.61. The van der Waals surface area contributed by atoms with E-state index < -0.39 is 0 Å². The van der Waals surface area contributed by atoms with E-state index in [1.54, 1.807) is 0 Å². The SMILES string of the molecule is CCNC(=NCc1ccc(Br)cc1)NC1CC(C)N(C2CC2)C1.I. The largest absolute Gasteiger partial charge is 0.357 e. The first kappa shape index (κ1) is 20.0. The van der Waals surface area contributed by atoms with Crippen LogP contribution in [-0.4, -0.2) is 42.1 Å². The monoisotopic (exact) mass is 506 g/mol. The molecule has 0 spiro atoms. The number of nitrogens with zero attached hydrogens (tertiary/aromatic N) is 2. The highest BCUT2D eigenvalue weighted by Gasteiger charge is 2.38. The van der Waals surface area contributed by atoms with Crippen molar-refractivity contribution in [2.45, 2.75) is 57.8 Å². The van der Waals surface area contributed by atoms with Gasteiger partial charge in [0.2, 0.25) is 0 Å². The van der Waals surface area contributed by atoms with Crippen molar-refractivity contribution in [2.75, 3.05) is 13.1 Å². The third kappa shape index (κ3) is 5.59. The van der Waals surface area contributed by atoms with E-state index in [9.17, 15) is 0 Å². The van der Waals surface area contributed by atoms with Crippen molar-refractivity contribution in [3.05, 3.63) is 34.3 Å². The van der Waals surface area contributed by atoms with E-state index in [-0.39, 0.29) is 24.0 Å². The molecule has 4 nitrogen and oxygen atoms in total. The summed E-state index contributed by atoms with van der Waals surface area (Å²) in [4.78, 5) is 7.41. The van der Waals surface area contributed by atoms with Gasteiger partial charge in [-0.2, -0.15) is 0 Å². The van der Waals surface area contributed by atoms with Crippen LogP contribution in [-0.2, 0) is 6.54 Å². The fourth-order valence-electron chi connectivity index (χ4n) is 3.35. The molecule has 2 unspecified atom stereocenters. The molecule has 0 radical (unpaired) electrons. The number of halogens is 2. The van der Waals surface area contributed by atoms with Crippen LogP contribution in [0.25, 0.3) is 0 Å².